The molecule has 35 heavy (non-hydrogen) atoms. The predicted octanol–water partition coefficient (Wildman–Crippen LogP) is 6.24. The molecule has 0 saturated heterocycles. The molecule has 174 valence electrons. The van der Waals surface area contributed by atoms with E-state index in [4.69, 9.17) is 13.7 Å². The quantitative estimate of drug-likeness (QED) is 0.304. The molecule has 1 aliphatic carbocycles. The fourth-order valence-corrected chi connectivity index (χ4v) is 4.36. The fraction of sp³-hybridized carbons (Fsp3) is 0.179. The molecule has 0 unspecified atom stereocenters. The summed E-state index contributed by atoms with van der Waals surface area (Å²) in [5, 5.41) is 22.9. The number of hydrogen-bond acceptors (Lipinski definition) is 7. The number of benzene rings is 3. The molecule has 5 aromatic rings. The van der Waals surface area contributed by atoms with Gasteiger partial charge >= 0.3 is 0 Å². The summed E-state index contributed by atoms with van der Waals surface area (Å²) in [6.07, 6.45) is 1.64. The monoisotopic (exact) mass is 465 g/mol. The summed E-state index contributed by atoms with van der Waals surface area (Å²) in [5.41, 5.74) is 3.76. The van der Waals surface area contributed by atoms with Crippen LogP contribution in [0.1, 0.15) is 31.4 Å². The summed E-state index contributed by atoms with van der Waals surface area (Å²) in [4.78, 5) is 0. The van der Waals surface area contributed by atoms with Crippen molar-refractivity contribution in [3.8, 4) is 45.3 Å². The average Bonchev–Trinajstić information content (AvgIpc) is 3.33. The van der Waals surface area contributed by atoms with E-state index in [0.29, 0.717) is 29.8 Å². The van der Waals surface area contributed by atoms with Gasteiger partial charge in [-0.25, -0.2) is 0 Å². The second kappa shape index (κ2) is 8.43. The van der Waals surface area contributed by atoms with Gasteiger partial charge in [0.15, 0.2) is 5.76 Å². The first kappa shape index (κ1) is 21.2. The van der Waals surface area contributed by atoms with Crippen LogP contribution in [0.4, 0.5) is 0 Å². The van der Waals surface area contributed by atoms with Gasteiger partial charge in [0.05, 0.1) is 12.2 Å². The van der Waals surface area contributed by atoms with Crippen LogP contribution in [-0.2, 0) is 5.41 Å². The normalized spacial score (nSPS) is 14.1. The predicted molar refractivity (Wildman–Crippen MR) is 130 cm³/mol. The minimum Gasteiger partial charge on any atom is -0.508 e. The molecule has 2 aromatic heterocycles. The number of phenols is 1. The van der Waals surface area contributed by atoms with Gasteiger partial charge in [0.25, 0.3) is 0 Å². The Labute approximate surface area is 202 Å². The van der Waals surface area contributed by atoms with Crippen molar-refractivity contribution in [2.75, 3.05) is 6.61 Å². The van der Waals surface area contributed by atoms with E-state index >= 15 is 0 Å². The molecule has 3 aromatic carbocycles. The van der Waals surface area contributed by atoms with Crippen LogP contribution in [0.5, 0.6) is 11.5 Å². The molecule has 0 amide bonds. The van der Waals surface area contributed by atoms with Crippen LogP contribution in [0, 0.1) is 0 Å². The first-order chi connectivity index (χ1) is 17.2. The van der Waals surface area contributed by atoms with Crippen LogP contribution in [0.3, 0.4) is 0 Å². The lowest BCUT2D eigenvalue weighted by Crippen LogP contribution is -2.09. The molecule has 7 heteroatoms. The molecule has 1 aliphatic rings. The molecule has 1 saturated carbocycles. The van der Waals surface area contributed by atoms with E-state index < -0.39 is 5.41 Å². The third-order valence-corrected chi connectivity index (χ3v) is 6.33. The largest absolute Gasteiger partial charge is 0.508 e. The van der Waals surface area contributed by atoms with Crippen LogP contribution >= 0.6 is 0 Å². The number of phenolic OH excluding ortho intramolecular Hbond substituents is 1. The van der Waals surface area contributed by atoms with Crippen LogP contribution in [0.15, 0.2) is 87.8 Å². The van der Waals surface area contributed by atoms with E-state index in [2.05, 4.69) is 15.4 Å². The van der Waals surface area contributed by atoms with Gasteiger partial charge < -0.3 is 18.8 Å². The summed E-state index contributed by atoms with van der Waals surface area (Å²) in [5.74, 6) is 2.69. The number of ether oxygens (including phenoxy) is 1. The van der Waals surface area contributed by atoms with Crippen LogP contribution < -0.4 is 4.74 Å². The van der Waals surface area contributed by atoms with E-state index in [9.17, 15) is 5.11 Å². The van der Waals surface area contributed by atoms with E-state index in [1.54, 1.807) is 12.1 Å². The third-order valence-electron chi connectivity index (χ3n) is 6.33. The first-order valence-corrected chi connectivity index (χ1v) is 11.6. The molecule has 0 bridgehead atoms. The lowest BCUT2D eigenvalue weighted by molar-refractivity contribution is 0.340. The van der Waals surface area contributed by atoms with Gasteiger partial charge in [-0.3, -0.25) is 0 Å². The lowest BCUT2D eigenvalue weighted by atomic mass is 9.92. The van der Waals surface area contributed by atoms with Crippen molar-refractivity contribution < 1.29 is 18.8 Å². The van der Waals surface area contributed by atoms with Crippen molar-refractivity contribution in [2.45, 2.75) is 25.2 Å². The number of aromatic hydroxyl groups is 1. The van der Waals surface area contributed by atoms with Gasteiger partial charge in [0.1, 0.15) is 22.6 Å². The molecule has 0 atom stereocenters. The Kier molecular flexibility index (Phi) is 5.10. The van der Waals surface area contributed by atoms with Crippen molar-refractivity contribution in [2.24, 2.45) is 0 Å². The summed E-state index contributed by atoms with van der Waals surface area (Å²) in [6.45, 7) is 2.56. The molecule has 6 rings (SSSR count). The van der Waals surface area contributed by atoms with Gasteiger partial charge in [-0.15, -0.1) is 10.2 Å². The zero-order chi connectivity index (χ0) is 23.8. The average molecular weight is 466 g/mol. The fourth-order valence-electron chi connectivity index (χ4n) is 4.36. The lowest BCUT2D eigenvalue weighted by Gasteiger charge is -2.10. The minimum absolute atomic E-state index is 0.199. The Bertz CT molecular complexity index is 1450. The van der Waals surface area contributed by atoms with Gasteiger partial charge in [0, 0.05) is 11.1 Å². The maximum atomic E-state index is 9.74. The zero-order valence-corrected chi connectivity index (χ0v) is 19.1. The number of aromatic nitrogens is 3. The highest BCUT2D eigenvalue weighted by atomic mass is 16.5. The van der Waals surface area contributed by atoms with Crippen LogP contribution in [-0.4, -0.2) is 27.1 Å². The molecule has 0 radical (unpaired) electrons. The number of hydrogen-bond donors (Lipinski definition) is 1. The van der Waals surface area contributed by atoms with Crippen molar-refractivity contribution in [3.63, 3.8) is 0 Å². The smallest absolute Gasteiger partial charge is 0.247 e. The van der Waals surface area contributed by atoms with Gasteiger partial charge in [-0.05, 0) is 73.9 Å². The van der Waals surface area contributed by atoms with Crippen molar-refractivity contribution in [1.29, 1.82) is 0 Å². The Morgan fingerprint density at radius 3 is 2.26 bits per heavy atom. The molecule has 7 nitrogen and oxygen atoms in total. The molecule has 0 aliphatic heterocycles. The summed E-state index contributed by atoms with van der Waals surface area (Å²) < 4.78 is 17.7. The first-order valence-electron chi connectivity index (χ1n) is 11.6. The standard InChI is InChI=1S/C28H23N3O4/c1-2-33-22-14-10-20(11-15-22)26-29-30-27(34-26)28(16-17-28)25-23(18-6-4-3-5-7-18)24(31-35-25)19-8-12-21(32)13-9-19/h3-15,32H,2,16-17H2,1H3. The zero-order valence-electron chi connectivity index (χ0n) is 19.1. The maximum Gasteiger partial charge on any atom is 0.247 e. The summed E-state index contributed by atoms with van der Waals surface area (Å²) >= 11 is 0. The Morgan fingerprint density at radius 2 is 1.57 bits per heavy atom. The SMILES string of the molecule is CCOc1ccc(-c2nnc(C3(c4onc(-c5ccc(O)cc5)c4-c4ccccc4)CC3)o2)cc1. The van der Waals surface area contributed by atoms with Crippen LogP contribution in [0.2, 0.25) is 0 Å². The number of rotatable bonds is 7. The summed E-state index contributed by atoms with van der Waals surface area (Å²) in [6, 6.07) is 24.6. The topological polar surface area (TPSA) is 94.4 Å². The Balaban J connectivity index is 1.42. The molecular weight excluding hydrogens is 442 g/mol. The van der Waals surface area contributed by atoms with E-state index in [1.165, 1.54) is 0 Å². The van der Waals surface area contributed by atoms with Crippen LogP contribution in [0.25, 0.3) is 33.8 Å². The van der Waals surface area contributed by atoms with Gasteiger partial charge in [-0.1, -0.05) is 35.5 Å². The Morgan fingerprint density at radius 1 is 0.857 bits per heavy atom. The highest BCUT2D eigenvalue weighted by molar-refractivity contribution is 5.83. The highest BCUT2D eigenvalue weighted by Gasteiger charge is 2.56. The van der Waals surface area contributed by atoms with Crippen molar-refractivity contribution in [3.05, 3.63) is 90.5 Å². The third kappa shape index (κ3) is 3.75. The molecule has 1 N–H and O–H groups in total. The highest BCUT2D eigenvalue weighted by Crippen LogP contribution is 2.57. The maximum absolute atomic E-state index is 9.74. The van der Waals surface area contributed by atoms with Gasteiger partial charge in [-0.2, -0.15) is 0 Å². The van der Waals surface area contributed by atoms with Gasteiger partial charge in [0.2, 0.25) is 11.8 Å². The second-order valence-electron chi connectivity index (χ2n) is 8.60. The van der Waals surface area contributed by atoms with E-state index in [1.807, 2.05) is 73.7 Å². The molecule has 2 heterocycles. The molecule has 1 fully saturated rings. The summed E-state index contributed by atoms with van der Waals surface area (Å²) in [7, 11) is 0. The van der Waals surface area contributed by atoms with Crippen molar-refractivity contribution in [1.82, 2.24) is 15.4 Å². The molecule has 0 spiro atoms. The number of nitrogens with zero attached hydrogens (tertiary/aromatic N) is 3. The van der Waals surface area contributed by atoms with Crippen molar-refractivity contribution >= 4 is 0 Å². The van der Waals surface area contributed by atoms with E-state index in [-0.39, 0.29) is 5.75 Å². The molecular formula is C28H23N3O4. The Hall–Kier alpha value is -4.39. The second-order valence-corrected chi connectivity index (χ2v) is 8.60. The van der Waals surface area contributed by atoms with E-state index in [0.717, 1.165) is 40.8 Å². The minimum atomic E-state index is -0.524.